The lowest BCUT2D eigenvalue weighted by molar-refractivity contribution is -0.386. The second-order valence-electron chi connectivity index (χ2n) is 7.50. The predicted octanol–water partition coefficient (Wildman–Crippen LogP) is 4.97. The van der Waals surface area contributed by atoms with Crippen LogP contribution in [0.5, 0.6) is 5.75 Å². The molecule has 0 bridgehead atoms. The number of carbonyl (C=O) groups is 1. The zero-order valence-corrected chi connectivity index (χ0v) is 20.7. The fourth-order valence-electron chi connectivity index (χ4n) is 3.09. The van der Waals surface area contributed by atoms with Gasteiger partial charge in [0.1, 0.15) is 5.82 Å². The molecule has 0 aliphatic rings. The maximum atomic E-state index is 13.3. The summed E-state index contributed by atoms with van der Waals surface area (Å²) in [5.41, 5.74) is -0.427. The lowest BCUT2D eigenvalue weighted by atomic mass is 10.1. The van der Waals surface area contributed by atoms with E-state index in [2.05, 4.69) is 26.0 Å². The van der Waals surface area contributed by atoms with E-state index in [0.29, 0.717) is 27.6 Å². The minimum atomic E-state index is -1.38. The Balaban J connectivity index is 2.25. The van der Waals surface area contributed by atoms with Crippen molar-refractivity contribution in [3.05, 3.63) is 71.7 Å². The second kappa shape index (κ2) is 10.3. The molecule has 0 amide bonds. The van der Waals surface area contributed by atoms with Crippen LogP contribution < -0.4 is 10.3 Å². The maximum Gasteiger partial charge on any atom is 0.344 e. The van der Waals surface area contributed by atoms with E-state index in [-0.39, 0.29) is 22.3 Å². The van der Waals surface area contributed by atoms with Crippen LogP contribution in [-0.4, -0.2) is 38.0 Å². The van der Waals surface area contributed by atoms with Crippen LogP contribution in [0, 0.1) is 10.1 Å². The monoisotopic (exact) mass is 550 g/mol. The van der Waals surface area contributed by atoms with Crippen LogP contribution >= 0.6 is 27.5 Å². The minimum Gasteiger partial charge on any atom is -0.479 e. The highest BCUT2D eigenvalue weighted by molar-refractivity contribution is 9.10. The van der Waals surface area contributed by atoms with Crippen LogP contribution in [0.1, 0.15) is 44.5 Å². The summed E-state index contributed by atoms with van der Waals surface area (Å²) in [7, 11) is 0. The van der Waals surface area contributed by atoms with Crippen molar-refractivity contribution in [3.63, 3.8) is 0 Å². The van der Waals surface area contributed by atoms with Crippen LogP contribution in [0.25, 0.3) is 10.9 Å². The number of fused-ring (bicyclic) bond motifs is 1. The van der Waals surface area contributed by atoms with Gasteiger partial charge >= 0.3 is 11.7 Å². The topological polar surface area (TPSA) is 137 Å². The third-order valence-corrected chi connectivity index (χ3v) is 5.81. The summed E-state index contributed by atoms with van der Waals surface area (Å²) in [5.74, 6) is -1.37. The molecule has 1 N–H and O–H groups in total. The molecular weight excluding hydrogens is 532 g/mol. The molecule has 10 nitrogen and oxygen atoms in total. The Labute approximate surface area is 207 Å². The molecule has 0 aliphatic heterocycles. The van der Waals surface area contributed by atoms with Crippen molar-refractivity contribution in [2.24, 2.45) is 5.10 Å². The predicted molar refractivity (Wildman–Crippen MR) is 131 cm³/mol. The van der Waals surface area contributed by atoms with Gasteiger partial charge in [0, 0.05) is 27.0 Å². The zero-order chi connectivity index (χ0) is 25.2. The molecule has 0 saturated carbocycles. The van der Waals surface area contributed by atoms with E-state index in [1.165, 1.54) is 19.2 Å². The van der Waals surface area contributed by atoms with E-state index in [1.807, 2.05) is 13.8 Å². The van der Waals surface area contributed by atoms with Crippen molar-refractivity contribution in [2.75, 3.05) is 0 Å². The van der Waals surface area contributed by atoms with E-state index < -0.39 is 28.2 Å². The first-order chi connectivity index (χ1) is 16.0. The number of hydrogen-bond donors (Lipinski definition) is 1. The molecule has 0 aliphatic carbocycles. The normalized spacial score (nSPS) is 13.2. The molecular formula is C22H20BrClN4O6. The number of nitro groups is 1. The smallest absolute Gasteiger partial charge is 0.344 e. The number of aromatic nitrogens is 2. The van der Waals surface area contributed by atoms with E-state index in [4.69, 9.17) is 16.3 Å². The number of nitrogens with zero attached hydrogens (tertiary/aromatic N) is 4. The maximum absolute atomic E-state index is 13.3. The van der Waals surface area contributed by atoms with E-state index in [0.717, 1.165) is 10.7 Å². The summed E-state index contributed by atoms with van der Waals surface area (Å²) in [4.78, 5) is 40.0. The number of carboxylic acid groups (broad SMARTS) is 1. The van der Waals surface area contributed by atoms with E-state index >= 15 is 0 Å². The van der Waals surface area contributed by atoms with Crippen LogP contribution in [0.4, 0.5) is 5.69 Å². The quantitative estimate of drug-likeness (QED) is 0.237. The van der Waals surface area contributed by atoms with Gasteiger partial charge < -0.3 is 9.84 Å². The van der Waals surface area contributed by atoms with Gasteiger partial charge in [-0.05, 0) is 37.6 Å². The van der Waals surface area contributed by atoms with Crippen molar-refractivity contribution < 1.29 is 19.6 Å². The van der Waals surface area contributed by atoms with Crippen LogP contribution in [0.2, 0.25) is 5.02 Å². The lowest BCUT2D eigenvalue weighted by Gasteiger charge is -2.15. The first-order valence-electron chi connectivity index (χ1n) is 10.2. The molecule has 1 aromatic heterocycles. The molecule has 0 radical (unpaired) electrons. The Kier molecular flexibility index (Phi) is 7.68. The number of aliphatic carboxylic acids is 1. The second-order valence-corrected chi connectivity index (χ2v) is 8.85. The third-order valence-electron chi connectivity index (χ3n) is 5.10. The molecule has 1 heterocycles. The number of halogens is 2. The largest absolute Gasteiger partial charge is 0.479 e. The van der Waals surface area contributed by atoms with Gasteiger partial charge in [-0.25, -0.2) is 9.78 Å². The summed E-state index contributed by atoms with van der Waals surface area (Å²) in [5, 5.41) is 25.4. The molecule has 2 aromatic carbocycles. The van der Waals surface area contributed by atoms with Crippen LogP contribution in [0.15, 0.2) is 44.7 Å². The zero-order valence-electron chi connectivity index (χ0n) is 18.4. The summed E-state index contributed by atoms with van der Waals surface area (Å²) >= 11 is 9.40. The van der Waals surface area contributed by atoms with Crippen molar-refractivity contribution in [3.8, 4) is 5.75 Å². The first-order valence-corrected chi connectivity index (χ1v) is 11.3. The SMILES string of the molecule is CC[C@H](C)c1nc2ccc(Br)cc2c(=O)n1N=Cc1cc(Cl)cc([N+](=O)[O-])c1O[C@@H](C)C(=O)O. The molecule has 3 aromatic rings. The Morgan fingerprint density at radius 1 is 1.38 bits per heavy atom. The molecule has 178 valence electrons. The molecule has 0 fully saturated rings. The average molecular weight is 552 g/mol. The molecule has 0 unspecified atom stereocenters. The molecule has 0 spiro atoms. The summed E-state index contributed by atoms with van der Waals surface area (Å²) in [6.45, 7) is 5.07. The first kappa shape index (κ1) is 25.3. The van der Waals surface area contributed by atoms with Gasteiger partial charge in [-0.1, -0.05) is 41.4 Å². The summed E-state index contributed by atoms with van der Waals surface area (Å²) in [6, 6.07) is 7.52. The van der Waals surface area contributed by atoms with Crippen LogP contribution in [-0.2, 0) is 4.79 Å². The minimum absolute atomic E-state index is 0.0125. The van der Waals surface area contributed by atoms with Crippen molar-refractivity contribution in [2.45, 2.75) is 39.2 Å². The van der Waals surface area contributed by atoms with Crippen molar-refractivity contribution in [1.82, 2.24) is 9.66 Å². The Morgan fingerprint density at radius 2 is 2.09 bits per heavy atom. The fourth-order valence-corrected chi connectivity index (χ4v) is 3.67. The van der Waals surface area contributed by atoms with Crippen molar-refractivity contribution >= 4 is 56.3 Å². The van der Waals surface area contributed by atoms with Crippen molar-refractivity contribution in [1.29, 1.82) is 0 Å². The Morgan fingerprint density at radius 3 is 2.71 bits per heavy atom. The van der Waals surface area contributed by atoms with Gasteiger partial charge in [0.15, 0.2) is 6.10 Å². The number of rotatable bonds is 8. The van der Waals surface area contributed by atoms with Gasteiger partial charge in [0.2, 0.25) is 5.75 Å². The molecule has 0 saturated heterocycles. The molecule has 2 atom stereocenters. The highest BCUT2D eigenvalue weighted by Crippen LogP contribution is 2.34. The van der Waals surface area contributed by atoms with E-state index in [1.54, 1.807) is 18.2 Å². The van der Waals surface area contributed by atoms with Gasteiger partial charge in [-0.15, -0.1) is 0 Å². The highest BCUT2D eigenvalue weighted by atomic mass is 79.9. The molecule has 34 heavy (non-hydrogen) atoms. The number of hydrogen-bond acceptors (Lipinski definition) is 7. The summed E-state index contributed by atoms with van der Waals surface area (Å²) in [6.07, 6.45) is 0.462. The average Bonchev–Trinajstić information content (AvgIpc) is 2.78. The standard InChI is InChI=1S/C22H20BrClN4O6/c1-4-11(2)20-26-17-6-5-14(23)8-16(17)21(29)27(20)25-10-13-7-15(24)9-18(28(32)33)19(13)34-12(3)22(30)31/h5-12H,4H2,1-3H3,(H,30,31)/t11-,12-/m0/s1. The van der Waals surface area contributed by atoms with Gasteiger partial charge in [0.25, 0.3) is 5.56 Å². The van der Waals surface area contributed by atoms with Crippen LogP contribution in [0.3, 0.4) is 0 Å². The third kappa shape index (κ3) is 5.26. The van der Waals surface area contributed by atoms with Gasteiger partial charge in [-0.2, -0.15) is 9.78 Å². The Bertz CT molecular complexity index is 1370. The number of ether oxygens (including phenoxy) is 1. The number of benzene rings is 2. The number of nitro benzene ring substituents is 1. The van der Waals surface area contributed by atoms with Gasteiger partial charge in [0.05, 0.1) is 22.0 Å². The fraction of sp³-hybridized carbons (Fsp3) is 0.273. The highest BCUT2D eigenvalue weighted by Gasteiger charge is 2.25. The lowest BCUT2D eigenvalue weighted by Crippen LogP contribution is -2.25. The Hall–Kier alpha value is -3.31. The molecule has 12 heteroatoms. The van der Waals surface area contributed by atoms with Gasteiger partial charge in [-0.3, -0.25) is 14.9 Å². The number of carboxylic acids is 1. The molecule has 3 rings (SSSR count). The van der Waals surface area contributed by atoms with E-state index in [9.17, 15) is 24.8 Å². The summed E-state index contributed by atoms with van der Waals surface area (Å²) < 4.78 is 7.17.